The quantitative estimate of drug-likeness (QED) is 0.547. The molecular weight excluding hydrogens is 256 g/mol. The molecule has 1 atom stereocenters. The molecule has 1 aliphatic heterocycles. The summed E-state index contributed by atoms with van der Waals surface area (Å²) in [5, 5.41) is 8.91. The monoisotopic (exact) mass is 274 g/mol. The summed E-state index contributed by atoms with van der Waals surface area (Å²) in [6, 6.07) is 0. The van der Waals surface area contributed by atoms with Crippen molar-refractivity contribution in [1.29, 1.82) is 0 Å². The van der Waals surface area contributed by atoms with Gasteiger partial charge in [0.2, 0.25) is 0 Å². The second kappa shape index (κ2) is 6.73. The molecule has 7 heteroatoms. The first kappa shape index (κ1) is 15.0. The van der Waals surface area contributed by atoms with Crippen LogP contribution < -0.4 is 4.72 Å². The van der Waals surface area contributed by atoms with Crippen LogP contribution in [0.15, 0.2) is 0 Å². The second-order valence-electron chi connectivity index (χ2n) is 4.11. The molecular formula is C11H18N2O4S. The molecule has 0 radical (unpaired) electrons. The molecule has 1 fully saturated rings. The fourth-order valence-electron chi connectivity index (χ4n) is 1.82. The van der Waals surface area contributed by atoms with Gasteiger partial charge in [-0.05, 0) is 19.8 Å². The first-order valence-corrected chi connectivity index (χ1v) is 7.28. The van der Waals surface area contributed by atoms with Crippen LogP contribution in [0.25, 0.3) is 0 Å². The van der Waals surface area contributed by atoms with Crippen LogP contribution in [0.4, 0.5) is 0 Å². The van der Waals surface area contributed by atoms with Gasteiger partial charge in [-0.3, -0.25) is 4.79 Å². The molecule has 1 heterocycles. The summed E-state index contributed by atoms with van der Waals surface area (Å²) in [6.45, 7) is 2.36. The van der Waals surface area contributed by atoms with E-state index in [1.165, 1.54) is 4.31 Å². The summed E-state index contributed by atoms with van der Waals surface area (Å²) in [5.74, 6) is 3.90. The van der Waals surface area contributed by atoms with Crippen molar-refractivity contribution >= 4 is 16.2 Å². The molecule has 1 unspecified atom stereocenters. The largest absolute Gasteiger partial charge is 0.481 e. The number of rotatable bonds is 5. The molecule has 1 aliphatic rings. The van der Waals surface area contributed by atoms with Crippen molar-refractivity contribution in [3.63, 3.8) is 0 Å². The molecule has 0 amide bonds. The lowest BCUT2D eigenvalue weighted by molar-refractivity contribution is -0.142. The smallest absolute Gasteiger partial charge is 0.307 e. The molecule has 0 aromatic heterocycles. The summed E-state index contributed by atoms with van der Waals surface area (Å²) < 4.78 is 27.4. The first-order valence-electron chi connectivity index (χ1n) is 5.84. The Bertz CT molecular complexity index is 449. The minimum atomic E-state index is -3.58. The zero-order chi connectivity index (χ0) is 13.6. The minimum Gasteiger partial charge on any atom is -0.481 e. The van der Waals surface area contributed by atoms with E-state index in [0.717, 1.165) is 0 Å². The molecule has 18 heavy (non-hydrogen) atoms. The Morgan fingerprint density at radius 3 is 2.89 bits per heavy atom. The van der Waals surface area contributed by atoms with Crippen LogP contribution in [0.3, 0.4) is 0 Å². The highest BCUT2D eigenvalue weighted by Crippen LogP contribution is 2.18. The Hall–Kier alpha value is -1.10. The number of carbonyl (C=O) groups is 1. The van der Waals surface area contributed by atoms with Gasteiger partial charge in [-0.1, -0.05) is 0 Å². The topological polar surface area (TPSA) is 86.7 Å². The van der Waals surface area contributed by atoms with Crippen LogP contribution in [0, 0.1) is 17.8 Å². The minimum absolute atomic E-state index is 0.0458. The summed E-state index contributed by atoms with van der Waals surface area (Å²) in [4.78, 5) is 10.9. The number of piperidine rings is 1. The van der Waals surface area contributed by atoms with E-state index >= 15 is 0 Å². The van der Waals surface area contributed by atoms with Crippen molar-refractivity contribution in [2.45, 2.75) is 26.2 Å². The van der Waals surface area contributed by atoms with Crippen LogP contribution in [0.1, 0.15) is 26.2 Å². The van der Waals surface area contributed by atoms with Crippen molar-refractivity contribution in [3.8, 4) is 11.8 Å². The third-order valence-corrected chi connectivity index (χ3v) is 4.36. The van der Waals surface area contributed by atoms with Crippen molar-refractivity contribution in [3.05, 3.63) is 0 Å². The van der Waals surface area contributed by atoms with Crippen LogP contribution >= 0.6 is 0 Å². The molecule has 0 bridgehead atoms. The Balaban J connectivity index is 2.55. The van der Waals surface area contributed by atoms with E-state index in [0.29, 0.717) is 25.8 Å². The Morgan fingerprint density at radius 2 is 2.28 bits per heavy atom. The summed E-state index contributed by atoms with van der Waals surface area (Å²) >= 11 is 0. The van der Waals surface area contributed by atoms with Crippen LogP contribution in [0.5, 0.6) is 0 Å². The third-order valence-electron chi connectivity index (χ3n) is 2.78. The number of hydrogen-bond acceptors (Lipinski definition) is 3. The van der Waals surface area contributed by atoms with Crippen molar-refractivity contribution in [2.24, 2.45) is 5.92 Å². The summed E-state index contributed by atoms with van der Waals surface area (Å²) in [6.07, 6.45) is 1.56. The molecule has 0 saturated carbocycles. The lowest BCUT2D eigenvalue weighted by Crippen LogP contribution is -2.47. The zero-order valence-corrected chi connectivity index (χ0v) is 11.2. The lowest BCUT2D eigenvalue weighted by Gasteiger charge is -2.29. The van der Waals surface area contributed by atoms with Gasteiger partial charge in [-0.15, -0.1) is 11.8 Å². The summed E-state index contributed by atoms with van der Waals surface area (Å²) in [7, 11) is -3.58. The van der Waals surface area contributed by atoms with E-state index in [-0.39, 0.29) is 13.1 Å². The molecule has 1 saturated heterocycles. The van der Waals surface area contributed by atoms with Gasteiger partial charge in [0.25, 0.3) is 10.2 Å². The van der Waals surface area contributed by atoms with Crippen LogP contribution in [0.2, 0.25) is 0 Å². The molecule has 0 spiro atoms. The van der Waals surface area contributed by atoms with Crippen molar-refractivity contribution in [2.75, 3.05) is 19.6 Å². The summed E-state index contributed by atoms with van der Waals surface area (Å²) in [5.41, 5.74) is 0. The van der Waals surface area contributed by atoms with E-state index in [1.807, 2.05) is 0 Å². The molecule has 2 N–H and O–H groups in total. The first-order chi connectivity index (χ1) is 8.47. The van der Waals surface area contributed by atoms with Gasteiger partial charge in [0.15, 0.2) is 0 Å². The molecule has 6 nitrogen and oxygen atoms in total. The zero-order valence-electron chi connectivity index (χ0n) is 10.3. The molecule has 0 aliphatic carbocycles. The van der Waals surface area contributed by atoms with Gasteiger partial charge in [0.05, 0.1) is 5.92 Å². The lowest BCUT2D eigenvalue weighted by atomic mass is 10.0. The fourth-order valence-corrected chi connectivity index (χ4v) is 3.11. The highest BCUT2D eigenvalue weighted by Gasteiger charge is 2.31. The molecule has 1 rings (SSSR count). The van der Waals surface area contributed by atoms with Gasteiger partial charge in [-0.25, -0.2) is 4.72 Å². The fraction of sp³-hybridized carbons (Fsp3) is 0.727. The van der Waals surface area contributed by atoms with E-state index in [2.05, 4.69) is 16.6 Å². The number of hydrogen-bond donors (Lipinski definition) is 2. The maximum absolute atomic E-state index is 11.9. The highest BCUT2D eigenvalue weighted by atomic mass is 32.2. The Labute approximate surface area is 108 Å². The number of carboxylic acids is 1. The average molecular weight is 274 g/mol. The highest BCUT2D eigenvalue weighted by molar-refractivity contribution is 7.87. The van der Waals surface area contributed by atoms with E-state index in [9.17, 15) is 13.2 Å². The number of aliphatic carboxylic acids is 1. The van der Waals surface area contributed by atoms with Crippen LogP contribution in [-0.2, 0) is 15.0 Å². The molecule has 102 valence electrons. The predicted octanol–water partition coefficient (Wildman–Crippen LogP) is 0.0308. The van der Waals surface area contributed by atoms with Gasteiger partial charge >= 0.3 is 5.97 Å². The SMILES string of the molecule is CC#CCCNS(=O)(=O)N1CCCC(C(=O)O)C1. The average Bonchev–Trinajstić information content (AvgIpc) is 2.35. The van der Waals surface area contributed by atoms with Crippen molar-refractivity contribution in [1.82, 2.24) is 9.03 Å². The van der Waals surface area contributed by atoms with E-state index < -0.39 is 22.1 Å². The van der Waals surface area contributed by atoms with E-state index in [1.54, 1.807) is 6.92 Å². The third kappa shape index (κ3) is 4.29. The maximum Gasteiger partial charge on any atom is 0.307 e. The second-order valence-corrected chi connectivity index (χ2v) is 5.87. The maximum atomic E-state index is 11.9. The Kier molecular flexibility index (Phi) is 5.59. The number of nitrogens with one attached hydrogen (secondary N) is 1. The normalized spacial score (nSPS) is 21.1. The molecule has 0 aromatic carbocycles. The number of carboxylic acid groups (broad SMARTS) is 1. The van der Waals surface area contributed by atoms with Gasteiger partial charge < -0.3 is 5.11 Å². The Morgan fingerprint density at radius 1 is 1.56 bits per heavy atom. The van der Waals surface area contributed by atoms with Gasteiger partial charge in [0, 0.05) is 26.1 Å². The van der Waals surface area contributed by atoms with Gasteiger partial charge in [0.1, 0.15) is 0 Å². The standard InChI is InChI=1S/C11H18N2O4S/c1-2-3-4-7-12-18(16,17)13-8-5-6-10(9-13)11(14)15/h10,12H,4-9H2,1H3,(H,14,15). The number of nitrogens with zero attached hydrogens (tertiary/aromatic N) is 1. The van der Waals surface area contributed by atoms with Gasteiger partial charge in [-0.2, -0.15) is 12.7 Å². The van der Waals surface area contributed by atoms with Crippen molar-refractivity contribution < 1.29 is 18.3 Å². The predicted molar refractivity (Wildman–Crippen MR) is 66.9 cm³/mol. The van der Waals surface area contributed by atoms with E-state index in [4.69, 9.17) is 5.11 Å². The van der Waals surface area contributed by atoms with Crippen LogP contribution in [-0.4, -0.2) is 43.4 Å². The molecule has 0 aromatic rings.